The number of carbonyl (C=O) groups is 1. The molecule has 0 aliphatic rings. The molecule has 0 bridgehead atoms. The third kappa shape index (κ3) is 4.24. The van der Waals surface area contributed by atoms with E-state index < -0.39 is 0 Å². The lowest BCUT2D eigenvalue weighted by Gasteiger charge is -2.07. The second-order valence-corrected chi connectivity index (χ2v) is 8.89. The minimum absolute atomic E-state index is 0.0792. The molecule has 0 radical (unpaired) electrons. The smallest absolute Gasteiger partial charge is 0.262 e. The van der Waals surface area contributed by atoms with Crippen LogP contribution in [0.3, 0.4) is 0 Å². The standard InChI is InChI=1S/C14H17N7O2S3/c1-4-24-14-20-19-13(26-14)16-9(22)6-25-12-17-10-8(11(23)18-12)5-15-21(10)7(2)3/h5,7H,4,6H2,1-3H3,(H,16,19,22)(H,17,18,23). The van der Waals surface area contributed by atoms with Gasteiger partial charge in [-0.1, -0.05) is 41.8 Å². The average molecular weight is 412 g/mol. The Labute approximate surface area is 161 Å². The molecule has 2 N–H and O–H groups in total. The number of rotatable bonds is 7. The molecule has 9 nitrogen and oxygen atoms in total. The molecule has 0 unspecified atom stereocenters. The summed E-state index contributed by atoms with van der Waals surface area (Å²) in [5, 5.41) is 16.1. The molecule has 3 aromatic rings. The molecular formula is C14H17N7O2S3. The van der Waals surface area contributed by atoms with E-state index in [1.54, 1.807) is 16.4 Å². The molecule has 0 saturated heterocycles. The zero-order valence-electron chi connectivity index (χ0n) is 14.3. The molecule has 3 rings (SSSR count). The Morgan fingerprint density at radius 1 is 1.38 bits per heavy atom. The van der Waals surface area contributed by atoms with Crippen molar-refractivity contribution in [2.45, 2.75) is 36.3 Å². The number of amides is 1. The minimum atomic E-state index is -0.268. The highest BCUT2D eigenvalue weighted by Gasteiger charge is 2.14. The van der Waals surface area contributed by atoms with Crippen molar-refractivity contribution < 1.29 is 4.79 Å². The average Bonchev–Trinajstić information content (AvgIpc) is 3.20. The maximum atomic E-state index is 12.2. The molecule has 1 amide bonds. The Bertz CT molecular complexity index is 978. The molecular weight excluding hydrogens is 394 g/mol. The molecule has 0 aliphatic carbocycles. The van der Waals surface area contributed by atoms with Crippen LogP contribution in [0, 0.1) is 0 Å². The third-order valence-corrected chi connectivity index (χ3v) is 5.92. The summed E-state index contributed by atoms with van der Waals surface area (Å²) < 4.78 is 2.50. The topological polar surface area (TPSA) is 118 Å². The van der Waals surface area contributed by atoms with Crippen LogP contribution >= 0.6 is 34.9 Å². The van der Waals surface area contributed by atoms with Gasteiger partial charge in [0.15, 0.2) is 15.1 Å². The number of hydrogen-bond acceptors (Lipinski definition) is 9. The van der Waals surface area contributed by atoms with Crippen LogP contribution in [0.25, 0.3) is 11.0 Å². The zero-order valence-corrected chi connectivity index (χ0v) is 16.8. The summed E-state index contributed by atoms with van der Waals surface area (Å²) in [6, 6.07) is 0.0792. The van der Waals surface area contributed by atoms with Crippen molar-refractivity contribution >= 4 is 56.9 Å². The molecule has 0 saturated carbocycles. The second kappa shape index (κ2) is 8.18. The number of aromatic amines is 1. The first kappa shape index (κ1) is 18.9. The van der Waals surface area contributed by atoms with E-state index in [2.05, 4.69) is 30.6 Å². The molecule has 0 aromatic carbocycles. The Hall–Kier alpha value is -1.92. The lowest BCUT2D eigenvalue weighted by molar-refractivity contribution is -0.113. The fourth-order valence-electron chi connectivity index (χ4n) is 2.09. The monoisotopic (exact) mass is 411 g/mol. The largest absolute Gasteiger partial charge is 0.301 e. The molecule has 3 heterocycles. The van der Waals surface area contributed by atoms with Crippen LogP contribution in [-0.4, -0.2) is 47.4 Å². The summed E-state index contributed by atoms with van der Waals surface area (Å²) >= 11 is 4.05. The van der Waals surface area contributed by atoms with Gasteiger partial charge in [-0.3, -0.25) is 14.9 Å². The predicted octanol–water partition coefficient (Wildman–Crippen LogP) is 2.39. The van der Waals surface area contributed by atoms with E-state index in [1.165, 1.54) is 17.5 Å². The molecule has 0 spiro atoms. The van der Waals surface area contributed by atoms with E-state index in [0.29, 0.717) is 21.3 Å². The van der Waals surface area contributed by atoms with Gasteiger partial charge in [0, 0.05) is 6.04 Å². The van der Waals surface area contributed by atoms with E-state index in [1.807, 2.05) is 20.8 Å². The van der Waals surface area contributed by atoms with Crippen LogP contribution in [0.2, 0.25) is 0 Å². The molecule has 12 heteroatoms. The number of hydrogen-bond donors (Lipinski definition) is 2. The van der Waals surface area contributed by atoms with Gasteiger partial charge < -0.3 is 4.98 Å². The number of carbonyl (C=O) groups excluding carboxylic acids is 1. The molecule has 26 heavy (non-hydrogen) atoms. The number of aromatic nitrogens is 6. The Kier molecular flexibility index (Phi) is 5.94. The van der Waals surface area contributed by atoms with Gasteiger partial charge in [0.2, 0.25) is 11.0 Å². The normalized spacial score (nSPS) is 11.4. The first-order valence-corrected chi connectivity index (χ1v) is 10.6. The number of nitrogens with zero attached hydrogens (tertiary/aromatic N) is 5. The fraction of sp³-hybridized carbons (Fsp3) is 0.429. The quantitative estimate of drug-likeness (QED) is 0.346. The first-order valence-electron chi connectivity index (χ1n) is 7.84. The van der Waals surface area contributed by atoms with Gasteiger partial charge in [-0.25, -0.2) is 9.67 Å². The summed E-state index contributed by atoms with van der Waals surface area (Å²) in [7, 11) is 0. The van der Waals surface area contributed by atoms with Gasteiger partial charge in [-0.15, -0.1) is 10.2 Å². The summed E-state index contributed by atoms with van der Waals surface area (Å²) in [5.74, 6) is 0.756. The molecule has 3 aromatic heterocycles. The van der Waals surface area contributed by atoms with Crippen molar-refractivity contribution in [3.8, 4) is 0 Å². The highest BCUT2D eigenvalue weighted by atomic mass is 32.2. The van der Waals surface area contributed by atoms with E-state index in [0.717, 1.165) is 21.9 Å². The van der Waals surface area contributed by atoms with Crippen LogP contribution in [-0.2, 0) is 4.79 Å². The van der Waals surface area contributed by atoms with Crippen LogP contribution in [0.5, 0.6) is 0 Å². The SMILES string of the molecule is CCSc1nnc(NC(=O)CSc2nc3c(cnn3C(C)C)c(=O)[nH]2)s1. The van der Waals surface area contributed by atoms with Crippen LogP contribution < -0.4 is 10.9 Å². The van der Waals surface area contributed by atoms with Gasteiger partial charge in [0.05, 0.1) is 11.9 Å². The van der Waals surface area contributed by atoms with Gasteiger partial charge in [0.25, 0.3) is 5.56 Å². The first-order chi connectivity index (χ1) is 12.5. The Morgan fingerprint density at radius 2 is 2.19 bits per heavy atom. The van der Waals surface area contributed by atoms with Crippen molar-refractivity contribution in [1.29, 1.82) is 0 Å². The van der Waals surface area contributed by atoms with Crippen LogP contribution in [0.1, 0.15) is 26.8 Å². The third-order valence-electron chi connectivity index (χ3n) is 3.19. The van der Waals surface area contributed by atoms with Gasteiger partial charge in [0.1, 0.15) is 5.39 Å². The van der Waals surface area contributed by atoms with E-state index in [4.69, 9.17) is 0 Å². The van der Waals surface area contributed by atoms with Crippen molar-refractivity contribution in [2.24, 2.45) is 0 Å². The number of nitrogens with one attached hydrogen (secondary N) is 2. The Morgan fingerprint density at radius 3 is 2.92 bits per heavy atom. The summed E-state index contributed by atoms with van der Waals surface area (Å²) in [6.45, 7) is 5.95. The second-order valence-electron chi connectivity index (χ2n) is 5.43. The highest BCUT2D eigenvalue weighted by Crippen LogP contribution is 2.25. The van der Waals surface area contributed by atoms with Crippen molar-refractivity contribution in [1.82, 2.24) is 29.9 Å². The van der Waals surface area contributed by atoms with Crippen molar-refractivity contribution in [2.75, 3.05) is 16.8 Å². The number of thioether (sulfide) groups is 2. The molecule has 138 valence electrons. The van der Waals surface area contributed by atoms with Crippen molar-refractivity contribution in [3.63, 3.8) is 0 Å². The highest BCUT2D eigenvalue weighted by molar-refractivity contribution is 8.01. The fourth-order valence-corrected chi connectivity index (χ4v) is 4.41. The lowest BCUT2D eigenvalue weighted by Crippen LogP contribution is -2.16. The van der Waals surface area contributed by atoms with Gasteiger partial charge in [-0.2, -0.15) is 5.10 Å². The zero-order chi connectivity index (χ0) is 18.7. The van der Waals surface area contributed by atoms with E-state index >= 15 is 0 Å². The lowest BCUT2D eigenvalue weighted by atomic mass is 10.4. The maximum Gasteiger partial charge on any atom is 0.262 e. The number of H-pyrrole nitrogens is 1. The van der Waals surface area contributed by atoms with Gasteiger partial charge >= 0.3 is 0 Å². The number of anilines is 1. The van der Waals surface area contributed by atoms with Crippen LogP contribution in [0.15, 0.2) is 20.5 Å². The van der Waals surface area contributed by atoms with E-state index in [9.17, 15) is 9.59 Å². The molecule has 0 atom stereocenters. The summed E-state index contributed by atoms with van der Waals surface area (Å²) in [6.07, 6.45) is 1.50. The summed E-state index contributed by atoms with van der Waals surface area (Å²) in [5.41, 5.74) is 0.243. The van der Waals surface area contributed by atoms with Crippen molar-refractivity contribution in [3.05, 3.63) is 16.6 Å². The Balaban J connectivity index is 1.67. The number of fused-ring (bicyclic) bond motifs is 1. The summed E-state index contributed by atoms with van der Waals surface area (Å²) in [4.78, 5) is 31.3. The minimum Gasteiger partial charge on any atom is -0.301 e. The molecule has 0 aliphatic heterocycles. The predicted molar refractivity (Wildman–Crippen MR) is 104 cm³/mol. The maximum absolute atomic E-state index is 12.2. The van der Waals surface area contributed by atoms with Crippen LogP contribution in [0.4, 0.5) is 5.13 Å². The van der Waals surface area contributed by atoms with Gasteiger partial charge in [-0.05, 0) is 19.6 Å². The van der Waals surface area contributed by atoms with E-state index in [-0.39, 0.29) is 23.3 Å². The molecule has 0 fully saturated rings.